The van der Waals surface area contributed by atoms with E-state index in [0.29, 0.717) is 39.5 Å². The third kappa shape index (κ3) is 15.5. The number of morpholine rings is 2. The molecule has 225 valence electrons. The molecule has 0 bridgehead atoms. The third-order valence-corrected chi connectivity index (χ3v) is 6.03. The van der Waals surface area contributed by atoms with Crippen LogP contribution < -0.4 is 10.6 Å². The molecule has 0 amide bonds. The molecular weight excluding hydrogens is 611 g/mol. The van der Waals surface area contributed by atoms with Crippen LogP contribution in [-0.2, 0) is 26.3 Å². The van der Waals surface area contributed by atoms with E-state index >= 15 is 0 Å². The molecule has 2 aromatic rings. The van der Waals surface area contributed by atoms with Gasteiger partial charge in [0.05, 0.1) is 26.4 Å². The van der Waals surface area contributed by atoms with E-state index in [9.17, 15) is 10.2 Å². The van der Waals surface area contributed by atoms with Crippen LogP contribution in [0.1, 0.15) is 0 Å². The number of azo groups is 2. The summed E-state index contributed by atoms with van der Waals surface area (Å²) in [5.74, 6) is 0. The molecule has 0 aromatic heterocycles. The van der Waals surface area contributed by atoms with Gasteiger partial charge < -0.3 is 30.3 Å². The first-order chi connectivity index (χ1) is 19.5. The molecule has 2 atom stereocenters. The number of hydrogen-bond acceptors (Lipinski definition) is 10. The minimum Gasteiger partial charge on any atom is -0.379 e. The first kappa shape index (κ1) is 34.9. The van der Waals surface area contributed by atoms with Gasteiger partial charge in [0.25, 0.3) is 0 Å². The van der Waals surface area contributed by atoms with Crippen LogP contribution in [-0.4, -0.2) is 108 Å². The van der Waals surface area contributed by atoms with Crippen molar-refractivity contribution >= 4 is 46.0 Å². The predicted molar refractivity (Wildman–Crippen MR) is 162 cm³/mol. The first-order valence-electron chi connectivity index (χ1n) is 13.0. The van der Waals surface area contributed by atoms with Crippen molar-refractivity contribution in [1.82, 2.24) is 9.80 Å². The molecule has 4 rings (SSSR count). The molecule has 1 radical (unpaired) electrons. The minimum absolute atomic E-state index is 0. The number of aliphatic hydroxyl groups excluding tert-OH is 2. The van der Waals surface area contributed by atoms with Gasteiger partial charge in [-0.3, -0.25) is 9.80 Å². The monoisotopic (exact) mass is 647 g/mol. The van der Waals surface area contributed by atoms with Gasteiger partial charge in [0.2, 0.25) is 10.2 Å². The van der Waals surface area contributed by atoms with Crippen LogP contribution in [0.25, 0.3) is 0 Å². The van der Waals surface area contributed by atoms with Gasteiger partial charge in [-0.05, 0) is 48.7 Å². The Morgan fingerprint density at radius 1 is 0.683 bits per heavy atom. The van der Waals surface area contributed by atoms with E-state index in [2.05, 4.69) is 40.9 Å². The van der Waals surface area contributed by atoms with Crippen molar-refractivity contribution < 1.29 is 36.5 Å². The Kier molecular flexibility index (Phi) is 17.5. The maximum Gasteiger partial charge on any atom is 0.217 e. The van der Waals surface area contributed by atoms with E-state index in [-0.39, 0.29) is 27.0 Å². The van der Waals surface area contributed by atoms with Crippen LogP contribution >= 0.6 is 24.4 Å². The molecule has 2 heterocycles. The summed E-state index contributed by atoms with van der Waals surface area (Å²) < 4.78 is 10.5. The van der Waals surface area contributed by atoms with Crippen LogP contribution in [0.15, 0.2) is 81.1 Å². The van der Waals surface area contributed by atoms with E-state index in [1.807, 2.05) is 60.7 Å². The summed E-state index contributed by atoms with van der Waals surface area (Å²) in [6.07, 6.45) is -1.74. The Morgan fingerprint density at radius 2 is 1.02 bits per heavy atom. The third-order valence-electron chi connectivity index (χ3n) is 5.66. The van der Waals surface area contributed by atoms with E-state index in [1.54, 1.807) is 0 Å². The molecule has 12 nitrogen and oxygen atoms in total. The number of para-hydroxylation sites is 2. The Balaban J connectivity index is 0.000000280. The Labute approximate surface area is 261 Å². The fourth-order valence-electron chi connectivity index (χ4n) is 3.68. The number of aliphatic hydroxyl groups is 2. The second-order valence-corrected chi connectivity index (χ2v) is 9.58. The van der Waals surface area contributed by atoms with Crippen molar-refractivity contribution in [3.05, 3.63) is 60.7 Å². The van der Waals surface area contributed by atoms with Crippen molar-refractivity contribution in [3.63, 3.8) is 0 Å². The molecule has 2 unspecified atom stereocenters. The standard InChI is InChI=1S/2C13H18N4O2S.Co/c2*18-12(10-17-6-8-19-9-7-17)15-16-13(20)14-11-4-2-1-3-5-11;/h2*1-5,12,18H,6-10H2,(H,14,20);/b16-15+;16-15-;. The van der Waals surface area contributed by atoms with E-state index in [1.165, 1.54) is 0 Å². The zero-order valence-corrected chi connectivity index (χ0v) is 25.2. The smallest absolute Gasteiger partial charge is 0.217 e. The average molecular weight is 648 g/mol. The molecule has 4 N–H and O–H groups in total. The largest absolute Gasteiger partial charge is 0.379 e. The van der Waals surface area contributed by atoms with Gasteiger partial charge in [0.1, 0.15) is 0 Å². The number of nitrogens with one attached hydrogen (secondary N) is 2. The minimum atomic E-state index is -0.872. The Morgan fingerprint density at radius 3 is 1.37 bits per heavy atom. The van der Waals surface area contributed by atoms with Crippen LogP contribution in [0.4, 0.5) is 11.4 Å². The van der Waals surface area contributed by atoms with Crippen molar-refractivity contribution in [2.45, 2.75) is 12.5 Å². The molecule has 15 heteroatoms. The zero-order valence-electron chi connectivity index (χ0n) is 22.5. The number of rotatable bonds is 8. The van der Waals surface area contributed by atoms with Crippen molar-refractivity contribution in [1.29, 1.82) is 0 Å². The van der Waals surface area contributed by atoms with Gasteiger partial charge in [-0.1, -0.05) is 36.4 Å². The summed E-state index contributed by atoms with van der Waals surface area (Å²) in [6.45, 7) is 6.88. The Bertz CT molecular complexity index is 990. The van der Waals surface area contributed by atoms with Gasteiger partial charge in [-0.15, -0.1) is 10.2 Å². The summed E-state index contributed by atoms with van der Waals surface area (Å²) in [5.41, 5.74) is 1.69. The molecule has 2 saturated heterocycles. The fourth-order valence-corrected chi connectivity index (χ4v) is 4.01. The molecule has 2 fully saturated rings. The number of benzene rings is 2. The number of β-amino-alcohol motifs (C(OH)–C–C–N with tert-alkyl or cyclic N) is 2. The number of anilines is 2. The summed E-state index contributed by atoms with van der Waals surface area (Å²) >= 11 is 10.1. The molecule has 0 saturated carbocycles. The first-order valence-corrected chi connectivity index (χ1v) is 13.8. The second-order valence-electron chi connectivity index (χ2n) is 8.81. The average Bonchev–Trinajstić information content (AvgIpc) is 2.98. The Hall–Kier alpha value is -2.31. The number of hydrogen-bond donors (Lipinski definition) is 4. The van der Waals surface area contributed by atoms with Crippen LogP contribution in [0, 0.1) is 0 Å². The summed E-state index contributed by atoms with van der Waals surface area (Å²) in [5, 5.41) is 41.2. The molecule has 2 aliphatic heterocycles. The fraction of sp³-hybridized carbons (Fsp3) is 0.462. The van der Waals surface area contributed by atoms with Crippen molar-refractivity contribution in [2.75, 3.05) is 76.3 Å². The van der Waals surface area contributed by atoms with Gasteiger partial charge in [-0.2, -0.15) is 10.2 Å². The zero-order chi connectivity index (χ0) is 28.4. The molecule has 0 spiro atoms. The quantitative estimate of drug-likeness (QED) is 0.250. The molecular formula is C26H36CoN8O4S2. The summed E-state index contributed by atoms with van der Waals surface area (Å²) in [7, 11) is 0. The van der Waals surface area contributed by atoms with E-state index < -0.39 is 12.5 Å². The maximum atomic E-state index is 9.79. The number of thiocarbonyl (C=S) groups is 2. The molecule has 2 aliphatic rings. The SMILES string of the molecule is OC(CN1CCOCC1)/N=N/C(=S)Nc1ccccc1.OC(CN1CCOCC1)/N=N\C(=S)Nc1ccccc1.[Co]. The van der Waals surface area contributed by atoms with Crippen LogP contribution in [0.5, 0.6) is 0 Å². The number of nitrogens with zero attached hydrogens (tertiary/aromatic N) is 6. The summed E-state index contributed by atoms with van der Waals surface area (Å²) in [4.78, 5) is 4.17. The van der Waals surface area contributed by atoms with Crippen molar-refractivity contribution in [2.24, 2.45) is 20.5 Å². The number of ether oxygens (including phenoxy) is 2. The maximum absolute atomic E-state index is 9.79. The van der Waals surface area contributed by atoms with Crippen LogP contribution in [0.2, 0.25) is 0 Å². The molecule has 0 aliphatic carbocycles. The predicted octanol–water partition coefficient (Wildman–Crippen LogP) is 2.97. The van der Waals surface area contributed by atoms with E-state index in [4.69, 9.17) is 33.9 Å². The molecule has 41 heavy (non-hydrogen) atoms. The summed E-state index contributed by atoms with van der Waals surface area (Å²) in [6, 6.07) is 19.0. The van der Waals surface area contributed by atoms with Gasteiger partial charge in [0, 0.05) is 67.4 Å². The normalized spacial score (nSPS) is 17.6. The van der Waals surface area contributed by atoms with Gasteiger partial charge >= 0.3 is 0 Å². The topological polar surface area (TPSA) is 139 Å². The van der Waals surface area contributed by atoms with E-state index in [0.717, 1.165) is 37.6 Å². The van der Waals surface area contributed by atoms with Gasteiger partial charge in [0.15, 0.2) is 12.5 Å². The van der Waals surface area contributed by atoms with Gasteiger partial charge in [-0.25, -0.2) is 0 Å². The van der Waals surface area contributed by atoms with Crippen molar-refractivity contribution in [3.8, 4) is 0 Å². The molecule has 2 aromatic carbocycles. The van der Waals surface area contributed by atoms with Crippen LogP contribution in [0.3, 0.4) is 0 Å². The second kappa shape index (κ2) is 20.5.